The third-order valence-electron chi connectivity index (χ3n) is 4.74. The molecule has 134 valence electrons. The van der Waals surface area contributed by atoms with Crippen LogP contribution in [0.3, 0.4) is 0 Å². The maximum absolute atomic E-state index is 11.5. The number of carbonyl (C=O) groups is 1. The highest BCUT2D eigenvalue weighted by Crippen LogP contribution is 2.29. The Morgan fingerprint density at radius 2 is 2.12 bits per heavy atom. The molecule has 24 heavy (non-hydrogen) atoms. The fourth-order valence-corrected chi connectivity index (χ4v) is 3.21. The number of fused-ring (bicyclic) bond motifs is 2. The lowest BCUT2D eigenvalue weighted by Gasteiger charge is -2.16. The molecule has 2 aromatic heterocycles. The SMILES string of the molecule is CCC1CCCN1C.CCCCCCC(=O)Oc1cc2ccc1o2. The lowest BCUT2D eigenvalue weighted by molar-refractivity contribution is -0.134. The number of nitrogens with zero attached hydrogens (tertiary/aromatic N) is 1. The van der Waals surface area contributed by atoms with Crippen molar-refractivity contribution in [3.63, 3.8) is 0 Å². The maximum Gasteiger partial charge on any atom is 0.311 e. The van der Waals surface area contributed by atoms with Crippen molar-refractivity contribution in [2.45, 2.75) is 71.3 Å². The molecule has 0 saturated carbocycles. The van der Waals surface area contributed by atoms with Gasteiger partial charge in [0, 0.05) is 18.5 Å². The first-order valence-electron chi connectivity index (χ1n) is 9.36. The molecule has 0 radical (unpaired) electrons. The van der Waals surface area contributed by atoms with Gasteiger partial charge in [-0.05, 0) is 51.4 Å². The number of benzene rings is 1. The summed E-state index contributed by atoms with van der Waals surface area (Å²) in [7, 11) is 2.22. The number of likely N-dealkylation sites (tertiary alicyclic amines) is 1. The van der Waals surface area contributed by atoms with Crippen molar-refractivity contribution >= 4 is 17.1 Å². The largest absolute Gasteiger partial charge is 0.453 e. The minimum Gasteiger partial charge on any atom is -0.453 e. The van der Waals surface area contributed by atoms with Gasteiger partial charge in [0.05, 0.1) is 0 Å². The van der Waals surface area contributed by atoms with E-state index in [2.05, 4.69) is 25.8 Å². The molecule has 1 unspecified atom stereocenters. The molecule has 4 nitrogen and oxygen atoms in total. The van der Waals surface area contributed by atoms with E-state index in [-0.39, 0.29) is 5.97 Å². The number of ether oxygens (including phenoxy) is 1. The third kappa shape index (κ3) is 5.52. The predicted molar refractivity (Wildman–Crippen MR) is 97.7 cm³/mol. The van der Waals surface area contributed by atoms with Crippen molar-refractivity contribution in [3.05, 3.63) is 18.2 Å². The maximum atomic E-state index is 11.5. The van der Waals surface area contributed by atoms with Gasteiger partial charge in [0.15, 0.2) is 11.3 Å². The van der Waals surface area contributed by atoms with E-state index in [4.69, 9.17) is 9.15 Å². The molecular formula is C20H31NO3. The smallest absolute Gasteiger partial charge is 0.311 e. The van der Waals surface area contributed by atoms with Crippen LogP contribution in [0, 0.1) is 0 Å². The van der Waals surface area contributed by atoms with Crippen molar-refractivity contribution in [2.24, 2.45) is 0 Å². The van der Waals surface area contributed by atoms with Crippen LogP contribution in [0.25, 0.3) is 11.2 Å². The topological polar surface area (TPSA) is 42.7 Å². The highest BCUT2D eigenvalue weighted by molar-refractivity contribution is 5.78. The number of carbonyl (C=O) groups excluding carboxylic acids is 1. The average molecular weight is 333 g/mol. The van der Waals surface area contributed by atoms with Crippen LogP contribution in [0.15, 0.2) is 22.6 Å². The summed E-state index contributed by atoms with van der Waals surface area (Å²) in [6, 6.07) is 6.32. The van der Waals surface area contributed by atoms with Gasteiger partial charge in [0.1, 0.15) is 5.58 Å². The fourth-order valence-electron chi connectivity index (χ4n) is 3.21. The molecule has 2 aromatic rings. The summed E-state index contributed by atoms with van der Waals surface area (Å²) in [5.41, 5.74) is 1.40. The Labute approximate surface area is 145 Å². The van der Waals surface area contributed by atoms with E-state index in [1.54, 1.807) is 6.07 Å². The van der Waals surface area contributed by atoms with Crippen LogP contribution < -0.4 is 4.74 Å². The summed E-state index contributed by atoms with van der Waals surface area (Å²) in [6.45, 7) is 5.74. The van der Waals surface area contributed by atoms with E-state index >= 15 is 0 Å². The summed E-state index contributed by atoms with van der Waals surface area (Å²) >= 11 is 0. The minimum atomic E-state index is -0.167. The highest BCUT2D eigenvalue weighted by Gasteiger charge is 2.17. The van der Waals surface area contributed by atoms with Gasteiger partial charge in [-0.3, -0.25) is 4.79 Å². The molecule has 0 aliphatic carbocycles. The Balaban J connectivity index is 0.000000219. The molecule has 1 aliphatic rings. The molecule has 1 saturated heterocycles. The van der Waals surface area contributed by atoms with Gasteiger partial charge in [0.2, 0.25) is 0 Å². The number of unbranched alkanes of at least 4 members (excludes halogenated alkanes) is 3. The molecule has 0 spiro atoms. The molecule has 2 bridgehead atoms. The molecule has 0 amide bonds. The van der Waals surface area contributed by atoms with E-state index in [9.17, 15) is 4.79 Å². The number of hydrogen-bond donors (Lipinski definition) is 0. The Bertz CT molecular complexity index is 592. The monoisotopic (exact) mass is 333 g/mol. The Morgan fingerprint density at radius 3 is 2.62 bits per heavy atom. The number of esters is 1. The first-order valence-corrected chi connectivity index (χ1v) is 9.36. The summed E-state index contributed by atoms with van der Waals surface area (Å²) in [4.78, 5) is 13.9. The van der Waals surface area contributed by atoms with E-state index in [0.717, 1.165) is 24.5 Å². The molecule has 0 N–H and O–H groups in total. The van der Waals surface area contributed by atoms with Gasteiger partial charge in [-0.25, -0.2) is 0 Å². The molecule has 1 fully saturated rings. The first-order chi connectivity index (χ1) is 11.6. The number of hydrogen-bond acceptors (Lipinski definition) is 4. The molecule has 1 aliphatic heterocycles. The van der Waals surface area contributed by atoms with Gasteiger partial charge in [-0.1, -0.05) is 33.1 Å². The quantitative estimate of drug-likeness (QED) is 0.395. The summed E-state index contributed by atoms with van der Waals surface area (Å²) in [5.74, 6) is 0.387. The van der Waals surface area contributed by atoms with Crippen LogP contribution in [0.1, 0.15) is 65.2 Å². The lowest BCUT2D eigenvalue weighted by Crippen LogP contribution is -2.23. The van der Waals surface area contributed by atoms with Gasteiger partial charge in [-0.2, -0.15) is 0 Å². The van der Waals surface area contributed by atoms with E-state index in [1.807, 2.05) is 12.1 Å². The van der Waals surface area contributed by atoms with Crippen molar-refractivity contribution in [2.75, 3.05) is 13.6 Å². The van der Waals surface area contributed by atoms with Crippen molar-refractivity contribution < 1.29 is 13.9 Å². The van der Waals surface area contributed by atoms with Gasteiger partial charge in [0.25, 0.3) is 0 Å². The summed E-state index contributed by atoms with van der Waals surface area (Å²) in [6.07, 6.45) is 9.01. The molecule has 3 heterocycles. The standard InChI is InChI=1S/C13H16O3.C7H15N/c1-2-3-4-5-6-13(14)16-12-9-10-7-8-11(12)15-10;1-3-7-5-4-6-8(7)2/h7-9H,2-6H2,1H3;7H,3-6H2,1-2H3. The first kappa shape index (κ1) is 18.8. The lowest BCUT2D eigenvalue weighted by atomic mass is 10.1. The summed E-state index contributed by atoms with van der Waals surface area (Å²) < 4.78 is 10.5. The van der Waals surface area contributed by atoms with Gasteiger partial charge < -0.3 is 14.1 Å². The van der Waals surface area contributed by atoms with Crippen LogP contribution in [0.2, 0.25) is 0 Å². The van der Waals surface area contributed by atoms with Crippen LogP contribution in [-0.2, 0) is 4.79 Å². The highest BCUT2D eigenvalue weighted by atomic mass is 16.5. The molecule has 4 heteroatoms. The van der Waals surface area contributed by atoms with Crippen molar-refractivity contribution in [1.82, 2.24) is 4.90 Å². The molecule has 3 rings (SSSR count). The zero-order chi connectivity index (χ0) is 17.4. The zero-order valence-electron chi connectivity index (χ0n) is 15.3. The average Bonchev–Trinajstić information content (AvgIpc) is 3.29. The minimum absolute atomic E-state index is 0.167. The van der Waals surface area contributed by atoms with E-state index < -0.39 is 0 Å². The normalized spacial score (nSPS) is 17.9. The van der Waals surface area contributed by atoms with Gasteiger partial charge >= 0.3 is 5.97 Å². The van der Waals surface area contributed by atoms with Gasteiger partial charge in [-0.15, -0.1) is 0 Å². The Morgan fingerprint density at radius 1 is 1.29 bits per heavy atom. The fraction of sp³-hybridized carbons (Fsp3) is 0.650. The van der Waals surface area contributed by atoms with Crippen LogP contribution in [-0.4, -0.2) is 30.5 Å². The van der Waals surface area contributed by atoms with E-state index in [0.29, 0.717) is 17.8 Å². The van der Waals surface area contributed by atoms with E-state index in [1.165, 1.54) is 38.6 Å². The second kappa shape index (κ2) is 9.67. The number of rotatable bonds is 7. The van der Waals surface area contributed by atoms with Crippen LogP contribution in [0.4, 0.5) is 0 Å². The molecular weight excluding hydrogens is 302 g/mol. The Kier molecular flexibility index (Phi) is 7.57. The van der Waals surface area contributed by atoms with Crippen LogP contribution >= 0.6 is 0 Å². The second-order valence-electron chi connectivity index (χ2n) is 6.68. The van der Waals surface area contributed by atoms with Crippen LogP contribution in [0.5, 0.6) is 5.75 Å². The van der Waals surface area contributed by atoms with Crippen molar-refractivity contribution in [1.29, 1.82) is 0 Å². The number of furan rings is 2. The molecule has 1 atom stereocenters. The third-order valence-corrected chi connectivity index (χ3v) is 4.74. The zero-order valence-corrected chi connectivity index (χ0v) is 15.3. The molecule has 0 aromatic carbocycles. The predicted octanol–water partition coefficient (Wildman–Crippen LogP) is 5.24. The second-order valence-corrected chi connectivity index (χ2v) is 6.68. The Hall–Kier alpha value is -1.55. The van der Waals surface area contributed by atoms with Crippen molar-refractivity contribution in [3.8, 4) is 5.75 Å². The summed E-state index contributed by atoms with van der Waals surface area (Å²) in [5, 5.41) is 0.